The van der Waals surface area contributed by atoms with Crippen LogP contribution in [0.3, 0.4) is 0 Å². The minimum Gasteiger partial charge on any atom is -0.458 e. The molecular weight excluding hydrogens is 408 g/mol. The summed E-state index contributed by atoms with van der Waals surface area (Å²) in [6, 6.07) is 8.47. The molecule has 0 spiro atoms. The Labute approximate surface area is 174 Å². The third kappa shape index (κ3) is 3.96. The van der Waals surface area contributed by atoms with Crippen LogP contribution in [-0.2, 0) is 14.8 Å². The first-order valence-corrected chi connectivity index (χ1v) is 10.9. The largest absolute Gasteiger partial charge is 0.458 e. The molecule has 9 nitrogen and oxygen atoms in total. The van der Waals surface area contributed by atoms with Crippen LogP contribution in [0, 0.1) is 13.8 Å². The Balaban J connectivity index is 1.63. The van der Waals surface area contributed by atoms with E-state index in [1.54, 1.807) is 30.0 Å². The van der Waals surface area contributed by atoms with Gasteiger partial charge in [-0.05, 0) is 31.5 Å². The molecule has 1 aliphatic rings. The lowest BCUT2D eigenvalue weighted by atomic mass is 10.2. The van der Waals surface area contributed by atoms with Gasteiger partial charge < -0.3 is 14.1 Å². The van der Waals surface area contributed by atoms with Gasteiger partial charge in [0.1, 0.15) is 16.3 Å². The maximum Gasteiger partial charge on any atom is 0.265 e. The van der Waals surface area contributed by atoms with E-state index in [1.165, 1.54) is 12.3 Å². The molecule has 0 bridgehead atoms. The number of hydrogen-bond acceptors (Lipinski definition) is 6. The number of anilines is 1. The maximum absolute atomic E-state index is 12.9. The van der Waals surface area contributed by atoms with Crippen LogP contribution in [0.2, 0.25) is 0 Å². The Morgan fingerprint density at radius 3 is 2.70 bits per heavy atom. The second-order valence-corrected chi connectivity index (χ2v) is 8.72. The topological polar surface area (TPSA) is 118 Å². The van der Waals surface area contributed by atoms with E-state index in [2.05, 4.69) is 14.9 Å². The number of sulfonamides is 1. The number of H-pyrrole nitrogens is 1. The summed E-state index contributed by atoms with van der Waals surface area (Å²) >= 11 is 0. The summed E-state index contributed by atoms with van der Waals surface area (Å²) in [7, 11) is -3.87. The van der Waals surface area contributed by atoms with Crippen molar-refractivity contribution in [2.24, 2.45) is 0 Å². The quantitative estimate of drug-likeness (QED) is 0.642. The summed E-state index contributed by atoms with van der Waals surface area (Å²) in [5.74, 6) is 0.231. The highest BCUT2D eigenvalue weighted by atomic mass is 32.2. The van der Waals surface area contributed by atoms with Crippen molar-refractivity contribution in [2.75, 3.05) is 31.0 Å². The van der Waals surface area contributed by atoms with Crippen molar-refractivity contribution in [1.82, 2.24) is 15.1 Å². The molecule has 0 atom stereocenters. The molecule has 0 aliphatic carbocycles. The molecule has 3 aromatic rings. The van der Waals surface area contributed by atoms with Crippen molar-refractivity contribution >= 4 is 21.6 Å². The van der Waals surface area contributed by atoms with Crippen molar-refractivity contribution in [2.45, 2.75) is 18.7 Å². The zero-order valence-corrected chi connectivity index (χ0v) is 17.5. The van der Waals surface area contributed by atoms with Crippen LogP contribution in [0.15, 0.2) is 45.8 Å². The van der Waals surface area contributed by atoms with Gasteiger partial charge in [-0.25, -0.2) is 8.42 Å². The van der Waals surface area contributed by atoms with Gasteiger partial charge in [0.2, 0.25) is 0 Å². The lowest BCUT2D eigenvalue weighted by Crippen LogP contribution is -2.40. The third-order valence-corrected chi connectivity index (χ3v) is 6.34. The Morgan fingerprint density at radius 2 is 1.97 bits per heavy atom. The van der Waals surface area contributed by atoms with Gasteiger partial charge in [-0.3, -0.25) is 14.6 Å². The van der Waals surface area contributed by atoms with Gasteiger partial charge in [0.05, 0.1) is 25.0 Å². The highest BCUT2D eigenvalue weighted by Gasteiger charge is 2.27. The number of nitrogens with one attached hydrogen (secondary N) is 2. The number of aromatic amines is 1. The highest BCUT2D eigenvalue weighted by Crippen LogP contribution is 2.30. The molecule has 3 heterocycles. The van der Waals surface area contributed by atoms with Crippen LogP contribution in [0.5, 0.6) is 0 Å². The number of carbonyl (C=O) groups is 1. The van der Waals surface area contributed by atoms with Crippen LogP contribution < -0.4 is 4.72 Å². The van der Waals surface area contributed by atoms with E-state index in [-0.39, 0.29) is 22.3 Å². The van der Waals surface area contributed by atoms with Crippen molar-refractivity contribution in [3.63, 3.8) is 0 Å². The van der Waals surface area contributed by atoms with E-state index in [0.717, 1.165) is 5.56 Å². The number of aromatic nitrogens is 2. The van der Waals surface area contributed by atoms with Crippen molar-refractivity contribution in [3.05, 3.63) is 53.4 Å². The summed E-state index contributed by atoms with van der Waals surface area (Å²) in [6.45, 7) is 5.37. The number of morpholine rings is 1. The number of rotatable bonds is 5. The predicted molar refractivity (Wildman–Crippen MR) is 110 cm³/mol. The molecule has 30 heavy (non-hydrogen) atoms. The van der Waals surface area contributed by atoms with Gasteiger partial charge in [0.15, 0.2) is 5.76 Å². The van der Waals surface area contributed by atoms with E-state index < -0.39 is 10.0 Å². The first kappa shape index (κ1) is 20.2. The van der Waals surface area contributed by atoms with Crippen LogP contribution in [0.25, 0.3) is 11.5 Å². The van der Waals surface area contributed by atoms with Crippen molar-refractivity contribution in [3.8, 4) is 11.5 Å². The molecule has 1 aromatic carbocycles. The molecule has 1 saturated heterocycles. The average Bonchev–Trinajstić information content (AvgIpc) is 3.34. The highest BCUT2D eigenvalue weighted by molar-refractivity contribution is 7.92. The van der Waals surface area contributed by atoms with Gasteiger partial charge in [-0.15, -0.1) is 0 Å². The van der Waals surface area contributed by atoms with E-state index in [1.807, 2.05) is 13.0 Å². The number of benzene rings is 1. The van der Waals surface area contributed by atoms with E-state index in [0.29, 0.717) is 43.2 Å². The molecule has 1 fully saturated rings. The fourth-order valence-electron chi connectivity index (χ4n) is 3.35. The van der Waals surface area contributed by atoms with Crippen molar-refractivity contribution in [1.29, 1.82) is 0 Å². The Morgan fingerprint density at radius 1 is 1.20 bits per heavy atom. The zero-order valence-electron chi connectivity index (χ0n) is 16.6. The second kappa shape index (κ2) is 7.96. The summed E-state index contributed by atoms with van der Waals surface area (Å²) in [5, 5.41) is 6.72. The smallest absolute Gasteiger partial charge is 0.265 e. The molecule has 0 radical (unpaired) electrons. The summed E-state index contributed by atoms with van der Waals surface area (Å²) in [6.07, 6.45) is 1.42. The summed E-state index contributed by atoms with van der Waals surface area (Å²) < 4.78 is 39.3. The van der Waals surface area contributed by atoms with Crippen molar-refractivity contribution < 1.29 is 22.4 Å². The Bertz CT molecular complexity index is 1180. The summed E-state index contributed by atoms with van der Waals surface area (Å²) in [5.41, 5.74) is 2.05. The Hall–Kier alpha value is -3.11. The molecular formula is C20H22N4O5S. The molecule has 158 valence electrons. The molecule has 10 heteroatoms. The summed E-state index contributed by atoms with van der Waals surface area (Å²) in [4.78, 5) is 14.5. The lowest BCUT2D eigenvalue weighted by Gasteiger charge is -2.26. The van der Waals surface area contributed by atoms with Gasteiger partial charge in [-0.2, -0.15) is 5.10 Å². The van der Waals surface area contributed by atoms with E-state index in [9.17, 15) is 13.2 Å². The molecule has 0 saturated carbocycles. The number of amides is 1. The molecule has 2 N–H and O–H groups in total. The fraction of sp³-hybridized carbons (Fsp3) is 0.300. The molecule has 2 aromatic heterocycles. The number of carbonyl (C=O) groups excluding carboxylic acids is 1. The van der Waals surface area contributed by atoms with Gasteiger partial charge in [-0.1, -0.05) is 12.1 Å². The first-order valence-electron chi connectivity index (χ1n) is 9.46. The monoisotopic (exact) mass is 430 g/mol. The lowest BCUT2D eigenvalue weighted by molar-refractivity contribution is 0.0303. The molecule has 0 unspecified atom stereocenters. The standard InChI is InChI=1S/C20H22N4O5S/c1-13-4-3-5-15(10-13)23-30(26,27)18-11-17(29-14(18)2)19-16(12-21-22-19)20(25)24-6-8-28-9-7-24/h3-5,10-12,23H,6-9H2,1-2H3,(H,21,22). The number of hydrogen-bond donors (Lipinski definition) is 2. The number of furan rings is 1. The van der Waals surface area contributed by atoms with Gasteiger partial charge >= 0.3 is 0 Å². The van der Waals surface area contributed by atoms with Gasteiger partial charge in [0, 0.05) is 24.8 Å². The Kier molecular flexibility index (Phi) is 5.35. The molecule has 1 amide bonds. The zero-order chi connectivity index (χ0) is 21.3. The minimum absolute atomic E-state index is 0.00150. The van der Waals surface area contributed by atoms with Crippen LogP contribution in [-0.4, -0.2) is 55.7 Å². The van der Waals surface area contributed by atoms with Gasteiger partial charge in [0.25, 0.3) is 15.9 Å². The van der Waals surface area contributed by atoms with Crippen LogP contribution >= 0.6 is 0 Å². The number of aryl methyl sites for hydroxylation is 2. The molecule has 1 aliphatic heterocycles. The SMILES string of the molecule is Cc1cccc(NS(=O)(=O)c2cc(-c3[nH]ncc3C(=O)N3CCOCC3)oc2C)c1. The van der Waals surface area contributed by atoms with E-state index in [4.69, 9.17) is 9.15 Å². The number of ether oxygens (including phenoxy) is 1. The first-order chi connectivity index (χ1) is 14.3. The average molecular weight is 430 g/mol. The second-order valence-electron chi connectivity index (χ2n) is 7.07. The van der Waals surface area contributed by atoms with Crippen LogP contribution in [0.4, 0.5) is 5.69 Å². The predicted octanol–water partition coefficient (Wildman–Crippen LogP) is 2.56. The third-order valence-electron chi connectivity index (χ3n) is 4.85. The molecule has 4 rings (SSSR count). The normalized spacial score (nSPS) is 14.7. The maximum atomic E-state index is 12.9. The minimum atomic E-state index is -3.87. The fourth-order valence-corrected chi connectivity index (χ4v) is 4.58. The van der Waals surface area contributed by atoms with Crippen LogP contribution in [0.1, 0.15) is 21.7 Å². The van der Waals surface area contributed by atoms with E-state index >= 15 is 0 Å². The number of nitrogens with zero attached hydrogens (tertiary/aromatic N) is 2.